The fraction of sp³-hybridized carbons (Fsp3) is 0.250. The zero-order chi connectivity index (χ0) is 16.2. The lowest BCUT2D eigenvalue weighted by Gasteiger charge is -2.19. The number of Topliss-reactive ketones (excluding diaryl/α,β-unsaturated/α-hetero) is 1. The van der Waals surface area contributed by atoms with Crippen molar-refractivity contribution in [3.05, 3.63) is 29.8 Å². The van der Waals surface area contributed by atoms with Crippen molar-refractivity contribution in [1.29, 1.82) is 0 Å². The van der Waals surface area contributed by atoms with Gasteiger partial charge in [0, 0.05) is 5.56 Å². The summed E-state index contributed by atoms with van der Waals surface area (Å²) in [5.74, 6) is -2.17. The van der Waals surface area contributed by atoms with Gasteiger partial charge in [0.1, 0.15) is 0 Å². The molecule has 9 heteroatoms. The number of carbonyl (C=O) groups excluding carboxylic acids is 3. The minimum absolute atomic E-state index is 0.189. The highest BCUT2D eigenvalue weighted by atomic mass is 32.2. The van der Waals surface area contributed by atoms with Crippen LogP contribution in [0.25, 0.3) is 0 Å². The highest BCUT2D eigenvalue weighted by Crippen LogP contribution is 2.17. The first-order valence-electron chi connectivity index (χ1n) is 5.82. The highest BCUT2D eigenvalue weighted by Gasteiger charge is 2.27. The van der Waals surface area contributed by atoms with Gasteiger partial charge in [0.2, 0.25) is 21.8 Å². The monoisotopic (exact) mass is 313 g/mol. The standard InChI is InChI=1S/C12H15N3O5S/c1-8(16)9-3-2-4-10(5-9)21(19,20)15(6-11(13)17)7-12(14)18/h2-5H,6-7H2,1H3,(H2,13,17)(H2,14,18). The minimum Gasteiger partial charge on any atom is -0.369 e. The molecule has 0 spiro atoms. The number of benzene rings is 1. The van der Waals surface area contributed by atoms with Crippen LogP contribution < -0.4 is 11.5 Å². The highest BCUT2D eigenvalue weighted by molar-refractivity contribution is 7.89. The van der Waals surface area contributed by atoms with E-state index in [2.05, 4.69) is 0 Å². The number of rotatable bonds is 7. The molecule has 0 aliphatic rings. The van der Waals surface area contributed by atoms with Gasteiger partial charge in [-0.3, -0.25) is 14.4 Å². The van der Waals surface area contributed by atoms with Crippen molar-refractivity contribution < 1.29 is 22.8 Å². The Morgan fingerprint density at radius 1 is 1.10 bits per heavy atom. The van der Waals surface area contributed by atoms with Crippen LogP contribution in [0.2, 0.25) is 0 Å². The third-order valence-corrected chi connectivity index (χ3v) is 4.33. The van der Waals surface area contributed by atoms with Crippen LogP contribution in [0.15, 0.2) is 29.2 Å². The molecule has 2 amide bonds. The Labute approximate surface area is 121 Å². The summed E-state index contributed by atoms with van der Waals surface area (Å²) in [5.41, 5.74) is 10.1. The van der Waals surface area contributed by atoms with Crippen molar-refractivity contribution in [3.8, 4) is 0 Å². The molecule has 0 radical (unpaired) electrons. The predicted molar refractivity (Wildman–Crippen MR) is 73.6 cm³/mol. The Morgan fingerprint density at radius 2 is 1.62 bits per heavy atom. The Balaban J connectivity index is 3.27. The van der Waals surface area contributed by atoms with E-state index >= 15 is 0 Å². The number of nitrogens with two attached hydrogens (primary N) is 2. The van der Waals surface area contributed by atoms with Crippen molar-refractivity contribution in [3.63, 3.8) is 0 Å². The number of primary amides is 2. The van der Waals surface area contributed by atoms with Crippen LogP contribution in [0.4, 0.5) is 0 Å². The summed E-state index contributed by atoms with van der Waals surface area (Å²) in [6, 6.07) is 5.24. The first-order valence-corrected chi connectivity index (χ1v) is 7.26. The second kappa shape index (κ2) is 6.46. The van der Waals surface area contributed by atoms with Crippen LogP contribution in [0.1, 0.15) is 17.3 Å². The molecule has 1 rings (SSSR count). The zero-order valence-electron chi connectivity index (χ0n) is 11.3. The number of hydrogen-bond acceptors (Lipinski definition) is 5. The maximum atomic E-state index is 12.4. The van der Waals surface area contributed by atoms with Crippen molar-refractivity contribution in [2.24, 2.45) is 11.5 Å². The SMILES string of the molecule is CC(=O)c1cccc(S(=O)(=O)N(CC(N)=O)CC(N)=O)c1. The summed E-state index contributed by atoms with van der Waals surface area (Å²) in [6.45, 7) is -0.0819. The summed E-state index contributed by atoms with van der Waals surface area (Å²) in [7, 11) is -4.17. The molecule has 0 aliphatic carbocycles. The number of sulfonamides is 1. The molecule has 0 fully saturated rings. The van der Waals surface area contributed by atoms with Crippen LogP contribution in [0, 0.1) is 0 Å². The molecule has 0 aromatic heterocycles. The molecule has 4 N–H and O–H groups in total. The molecule has 0 saturated heterocycles. The van der Waals surface area contributed by atoms with Crippen LogP contribution >= 0.6 is 0 Å². The quantitative estimate of drug-likeness (QED) is 0.611. The predicted octanol–water partition coefficient (Wildman–Crippen LogP) is -1.15. The molecule has 114 valence electrons. The second-order valence-corrected chi connectivity index (χ2v) is 6.23. The largest absolute Gasteiger partial charge is 0.369 e. The molecule has 0 bridgehead atoms. The van der Waals surface area contributed by atoms with Crippen LogP contribution in [0.3, 0.4) is 0 Å². The fourth-order valence-electron chi connectivity index (χ4n) is 1.60. The van der Waals surface area contributed by atoms with Gasteiger partial charge >= 0.3 is 0 Å². The number of ketones is 1. The van der Waals surface area contributed by atoms with E-state index in [1.165, 1.54) is 25.1 Å². The maximum Gasteiger partial charge on any atom is 0.244 e. The smallest absolute Gasteiger partial charge is 0.244 e. The van der Waals surface area contributed by atoms with Gasteiger partial charge in [-0.1, -0.05) is 12.1 Å². The van der Waals surface area contributed by atoms with Gasteiger partial charge in [-0.05, 0) is 19.1 Å². The minimum atomic E-state index is -4.17. The number of carbonyl (C=O) groups is 3. The van der Waals surface area contributed by atoms with Gasteiger partial charge in [0.15, 0.2) is 5.78 Å². The van der Waals surface area contributed by atoms with Gasteiger partial charge in [0.25, 0.3) is 0 Å². The van der Waals surface area contributed by atoms with E-state index in [0.29, 0.717) is 4.31 Å². The molecular weight excluding hydrogens is 298 g/mol. The van der Waals surface area contributed by atoms with Crippen LogP contribution in [0.5, 0.6) is 0 Å². The number of hydrogen-bond donors (Lipinski definition) is 2. The summed E-state index contributed by atoms with van der Waals surface area (Å²) in [5, 5.41) is 0. The molecule has 0 atom stereocenters. The molecule has 1 aromatic carbocycles. The van der Waals surface area contributed by atoms with E-state index in [9.17, 15) is 22.8 Å². The molecule has 0 aliphatic heterocycles. The average Bonchev–Trinajstić information content (AvgIpc) is 2.37. The summed E-state index contributed by atoms with van der Waals surface area (Å²) in [6.07, 6.45) is 0. The lowest BCUT2D eigenvalue weighted by Crippen LogP contribution is -2.43. The first-order chi connectivity index (χ1) is 9.64. The van der Waals surface area contributed by atoms with Crippen LogP contribution in [-0.4, -0.2) is 43.4 Å². The lowest BCUT2D eigenvalue weighted by atomic mass is 10.2. The molecule has 0 unspecified atom stereocenters. The fourth-order valence-corrected chi connectivity index (χ4v) is 3.02. The van der Waals surface area contributed by atoms with Gasteiger partial charge in [0.05, 0.1) is 18.0 Å². The van der Waals surface area contributed by atoms with Crippen molar-refractivity contribution in [2.45, 2.75) is 11.8 Å². The van der Waals surface area contributed by atoms with Crippen molar-refractivity contribution in [2.75, 3.05) is 13.1 Å². The first kappa shape index (κ1) is 16.8. The molecule has 21 heavy (non-hydrogen) atoms. The second-order valence-electron chi connectivity index (χ2n) is 4.29. The van der Waals surface area contributed by atoms with Crippen molar-refractivity contribution >= 4 is 27.6 Å². The Hall–Kier alpha value is -2.26. The van der Waals surface area contributed by atoms with E-state index in [1.54, 1.807) is 0 Å². The topological polar surface area (TPSA) is 141 Å². The zero-order valence-corrected chi connectivity index (χ0v) is 12.1. The summed E-state index contributed by atoms with van der Waals surface area (Å²) in [4.78, 5) is 33.0. The Bertz CT molecular complexity index is 668. The molecule has 8 nitrogen and oxygen atoms in total. The normalized spacial score (nSPS) is 11.3. The molecular formula is C12H15N3O5S. The van der Waals surface area contributed by atoms with Gasteiger partial charge in [-0.25, -0.2) is 8.42 Å². The molecule has 0 heterocycles. The molecule has 1 aromatic rings. The summed E-state index contributed by atoms with van der Waals surface area (Å²) >= 11 is 0. The van der Waals surface area contributed by atoms with E-state index in [-0.39, 0.29) is 16.2 Å². The number of nitrogens with zero attached hydrogens (tertiary/aromatic N) is 1. The maximum absolute atomic E-state index is 12.4. The van der Waals surface area contributed by atoms with Gasteiger partial charge < -0.3 is 11.5 Å². The van der Waals surface area contributed by atoms with Crippen molar-refractivity contribution in [1.82, 2.24) is 4.31 Å². The molecule has 0 saturated carbocycles. The van der Waals surface area contributed by atoms with Crippen LogP contribution in [-0.2, 0) is 19.6 Å². The summed E-state index contributed by atoms with van der Waals surface area (Å²) < 4.78 is 25.3. The van der Waals surface area contributed by atoms with E-state index in [0.717, 1.165) is 6.07 Å². The van der Waals surface area contributed by atoms with E-state index in [1.807, 2.05) is 0 Å². The Morgan fingerprint density at radius 3 is 2.05 bits per heavy atom. The lowest BCUT2D eigenvalue weighted by molar-refractivity contribution is -0.120. The Kier molecular flexibility index (Phi) is 5.17. The number of amides is 2. The third kappa shape index (κ3) is 4.36. The third-order valence-electron chi connectivity index (χ3n) is 2.54. The van der Waals surface area contributed by atoms with Gasteiger partial charge in [-0.15, -0.1) is 0 Å². The van der Waals surface area contributed by atoms with E-state index in [4.69, 9.17) is 11.5 Å². The average molecular weight is 313 g/mol. The van der Waals surface area contributed by atoms with Gasteiger partial charge in [-0.2, -0.15) is 4.31 Å². The van der Waals surface area contributed by atoms with E-state index < -0.39 is 34.9 Å².